The molecule has 6 nitrogen and oxygen atoms in total. The van der Waals surface area contributed by atoms with Crippen LogP contribution in [0, 0.1) is 5.92 Å². The SMILES string of the molecule is CCCNCC1CCN(S(=O)(=O)Nc2ccccn2)CC1. The van der Waals surface area contributed by atoms with E-state index in [4.69, 9.17) is 0 Å². The number of hydrogen-bond acceptors (Lipinski definition) is 4. The molecule has 1 aromatic rings. The molecule has 0 amide bonds. The minimum absolute atomic E-state index is 0.365. The Kier molecular flexibility index (Phi) is 5.96. The summed E-state index contributed by atoms with van der Waals surface area (Å²) in [5.74, 6) is 0.932. The average Bonchev–Trinajstić information content (AvgIpc) is 2.49. The van der Waals surface area contributed by atoms with Crippen molar-refractivity contribution >= 4 is 16.0 Å². The van der Waals surface area contributed by atoms with Gasteiger partial charge in [0.1, 0.15) is 5.82 Å². The van der Waals surface area contributed by atoms with Crippen LogP contribution in [0.2, 0.25) is 0 Å². The van der Waals surface area contributed by atoms with Gasteiger partial charge in [0.15, 0.2) is 0 Å². The fourth-order valence-electron chi connectivity index (χ4n) is 2.46. The van der Waals surface area contributed by atoms with E-state index in [0.29, 0.717) is 24.8 Å². The van der Waals surface area contributed by atoms with Crippen LogP contribution in [0.3, 0.4) is 0 Å². The van der Waals surface area contributed by atoms with Crippen molar-refractivity contribution in [1.29, 1.82) is 0 Å². The van der Waals surface area contributed by atoms with Gasteiger partial charge >= 0.3 is 10.2 Å². The highest BCUT2D eigenvalue weighted by Crippen LogP contribution is 2.19. The van der Waals surface area contributed by atoms with Gasteiger partial charge in [-0.1, -0.05) is 13.0 Å². The Balaban J connectivity index is 1.83. The summed E-state index contributed by atoms with van der Waals surface area (Å²) in [4.78, 5) is 4.00. The molecule has 0 saturated carbocycles. The number of rotatable bonds is 7. The monoisotopic (exact) mass is 312 g/mol. The Labute approximate surface area is 127 Å². The predicted molar refractivity (Wildman–Crippen MR) is 84.2 cm³/mol. The normalized spacial score (nSPS) is 17.8. The Morgan fingerprint density at radius 2 is 2.10 bits per heavy atom. The molecule has 1 saturated heterocycles. The van der Waals surface area contributed by atoms with Crippen LogP contribution in [-0.2, 0) is 10.2 Å². The molecule has 1 aliphatic rings. The third-order valence-corrected chi connectivity index (χ3v) is 5.18. The Morgan fingerprint density at radius 3 is 2.71 bits per heavy atom. The maximum atomic E-state index is 12.3. The number of piperidine rings is 1. The largest absolute Gasteiger partial charge is 0.316 e. The van der Waals surface area contributed by atoms with Crippen LogP contribution < -0.4 is 10.0 Å². The van der Waals surface area contributed by atoms with E-state index in [1.54, 1.807) is 24.4 Å². The first-order valence-corrected chi connectivity index (χ1v) is 8.95. The fraction of sp³-hybridized carbons (Fsp3) is 0.643. The summed E-state index contributed by atoms with van der Waals surface area (Å²) in [6, 6.07) is 5.17. The molecule has 2 heterocycles. The Morgan fingerprint density at radius 1 is 1.33 bits per heavy atom. The van der Waals surface area contributed by atoms with E-state index in [2.05, 4.69) is 21.9 Å². The van der Waals surface area contributed by atoms with Gasteiger partial charge in [-0.15, -0.1) is 0 Å². The van der Waals surface area contributed by atoms with E-state index in [-0.39, 0.29) is 0 Å². The zero-order chi connectivity index (χ0) is 15.1. The number of aromatic nitrogens is 1. The first-order valence-electron chi connectivity index (χ1n) is 7.51. The third-order valence-electron chi connectivity index (χ3n) is 3.67. The summed E-state index contributed by atoms with van der Waals surface area (Å²) in [6.07, 6.45) is 4.50. The van der Waals surface area contributed by atoms with E-state index < -0.39 is 10.2 Å². The highest BCUT2D eigenvalue weighted by Gasteiger charge is 2.27. The van der Waals surface area contributed by atoms with E-state index >= 15 is 0 Å². The number of nitrogens with one attached hydrogen (secondary N) is 2. The topological polar surface area (TPSA) is 74.3 Å². The Bertz CT molecular complexity index is 513. The van der Waals surface area contributed by atoms with Crippen LogP contribution in [0.5, 0.6) is 0 Å². The zero-order valence-electron chi connectivity index (χ0n) is 12.5. The lowest BCUT2D eigenvalue weighted by molar-refractivity contribution is 0.269. The van der Waals surface area contributed by atoms with Crippen molar-refractivity contribution in [3.8, 4) is 0 Å². The molecule has 21 heavy (non-hydrogen) atoms. The average molecular weight is 312 g/mol. The molecule has 0 aromatic carbocycles. The lowest BCUT2D eigenvalue weighted by Crippen LogP contribution is -2.43. The van der Waals surface area contributed by atoms with E-state index in [0.717, 1.165) is 32.4 Å². The molecule has 0 bridgehead atoms. The molecule has 0 atom stereocenters. The minimum atomic E-state index is -3.48. The predicted octanol–water partition coefficient (Wildman–Crippen LogP) is 1.45. The maximum absolute atomic E-state index is 12.3. The Hall–Kier alpha value is -1.18. The van der Waals surface area contributed by atoms with Crippen LogP contribution in [0.1, 0.15) is 26.2 Å². The highest BCUT2D eigenvalue weighted by molar-refractivity contribution is 7.90. The second kappa shape index (κ2) is 7.72. The molecule has 0 aliphatic carbocycles. The maximum Gasteiger partial charge on any atom is 0.302 e. The smallest absolute Gasteiger partial charge is 0.302 e. The van der Waals surface area contributed by atoms with Crippen molar-refractivity contribution in [2.75, 3.05) is 30.9 Å². The molecule has 118 valence electrons. The highest BCUT2D eigenvalue weighted by atomic mass is 32.2. The molecule has 0 unspecified atom stereocenters. The summed E-state index contributed by atoms with van der Waals surface area (Å²) in [6.45, 7) is 5.29. The molecule has 2 rings (SSSR count). The van der Waals surface area contributed by atoms with Gasteiger partial charge in [0, 0.05) is 19.3 Å². The minimum Gasteiger partial charge on any atom is -0.316 e. The molecular formula is C14H24N4O2S. The van der Waals surface area contributed by atoms with Crippen LogP contribution in [0.25, 0.3) is 0 Å². The van der Waals surface area contributed by atoms with Crippen molar-refractivity contribution < 1.29 is 8.42 Å². The van der Waals surface area contributed by atoms with Crippen LogP contribution in [0.4, 0.5) is 5.82 Å². The van der Waals surface area contributed by atoms with Gasteiger partial charge in [-0.25, -0.2) is 4.98 Å². The van der Waals surface area contributed by atoms with Gasteiger partial charge < -0.3 is 5.32 Å². The van der Waals surface area contributed by atoms with Crippen LogP contribution >= 0.6 is 0 Å². The first kappa shape index (κ1) is 16.2. The lowest BCUT2D eigenvalue weighted by atomic mass is 9.98. The van der Waals surface area contributed by atoms with Crippen LogP contribution in [0.15, 0.2) is 24.4 Å². The molecule has 1 fully saturated rings. The summed E-state index contributed by atoms with van der Waals surface area (Å²) in [5.41, 5.74) is 0. The van der Waals surface area contributed by atoms with Crippen molar-refractivity contribution in [1.82, 2.24) is 14.6 Å². The van der Waals surface area contributed by atoms with Crippen molar-refractivity contribution in [3.05, 3.63) is 24.4 Å². The summed E-state index contributed by atoms with van der Waals surface area (Å²) >= 11 is 0. The van der Waals surface area contributed by atoms with Gasteiger partial charge in [-0.05, 0) is 50.4 Å². The van der Waals surface area contributed by atoms with E-state index in [1.165, 1.54) is 4.31 Å². The van der Waals surface area contributed by atoms with Crippen molar-refractivity contribution in [2.24, 2.45) is 5.92 Å². The van der Waals surface area contributed by atoms with E-state index in [1.807, 2.05) is 0 Å². The number of nitrogens with zero attached hydrogens (tertiary/aromatic N) is 2. The zero-order valence-corrected chi connectivity index (χ0v) is 13.3. The van der Waals surface area contributed by atoms with Crippen LogP contribution in [-0.4, -0.2) is 43.9 Å². The molecular weight excluding hydrogens is 288 g/mol. The number of pyridine rings is 1. The number of hydrogen-bond donors (Lipinski definition) is 2. The van der Waals surface area contributed by atoms with E-state index in [9.17, 15) is 8.42 Å². The fourth-order valence-corrected chi connectivity index (χ4v) is 3.66. The van der Waals surface area contributed by atoms with Gasteiger partial charge in [0.25, 0.3) is 0 Å². The summed E-state index contributed by atoms with van der Waals surface area (Å²) in [5, 5.41) is 3.40. The van der Waals surface area contributed by atoms with Gasteiger partial charge in [-0.3, -0.25) is 4.72 Å². The summed E-state index contributed by atoms with van der Waals surface area (Å²) in [7, 11) is -3.48. The molecule has 7 heteroatoms. The molecule has 2 N–H and O–H groups in total. The lowest BCUT2D eigenvalue weighted by Gasteiger charge is -2.31. The van der Waals surface area contributed by atoms with Crippen molar-refractivity contribution in [2.45, 2.75) is 26.2 Å². The number of anilines is 1. The second-order valence-electron chi connectivity index (χ2n) is 5.37. The molecule has 0 spiro atoms. The molecule has 1 aromatic heterocycles. The molecule has 0 radical (unpaired) electrons. The van der Waals surface area contributed by atoms with Gasteiger partial charge in [0.2, 0.25) is 0 Å². The van der Waals surface area contributed by atoms with Gasteiger partial charge in [0.05, 0.1) is 0 Å². The quantitative estimate of drug-likeness (QED) is 0.747. The van der Waals surface area contributed by atoms with Gasteiger partial charge in [-0.2, -0.15) is 12.7 Å². The second-order valence-corrected chi connectivity index (χ2v) is 7.04. The first-order chi connectivity index (χ1) is 10.1. The van der Waals surface area contributed by atoms with Crippen molar-refractivity contribution in [3.63, 3.8) is 0 Å². The molecule has 1 aliphatic heterocycles. The standard InChI is InChI=1S/C14H24N4O2S/c1-2-8-15-12-13-6-10-18(11-7-13)21(19,20)17-14-5-3-4-9-16-14/h3-5,9,13,15H,2,6-8,10-12H2,1H3,(H,16,17). The summed E-state index contributed by atoms with van der Waals surface area (Å²) < 4.78 is 28.6. The third kappa shape index (κ3) is 4.94.